The number of ether oxygens (including phenoxy) is 2. The Hall–Kier alpha value is -0.810. The van der Waals surface area contributed by atoms with E-state index in [0.29, 0.717) is 24.7 Å². The molecule has 17 heavy (non-hydrogen) atoms. The van der Waals surface area contributed by atoms with E-state index in [-0.39, 0.29) is 6.04 Å². The number of rotatable bonds is 7. The Balaban J connectivity index is 2.86. The quantitative estimate of drug-likeness (QED) is 0.730. The molecule has 1 unspecified atom stereocenters. The first-order valence-corrected chi connectivity index (χ1v) is 5.87. The van der Waals surface area contributed by atoms with E-state index in [4.69, 9.17) is 26.8 Å². The van der Waals surface area contributed by atoms with Crippen molar-refractivity contribution in [2.75, 3.05) is 33.9 Å². The third-order valence-corrected chi connectivity index (χ3v) is 2.84. The van der Waals surface area contributed by atoms with Gasteiger partial charge in [0.1, 0.15) is 5.75 Å². The van der Waals surface area contributed by atoms with E-state index in [1.807, 2.05) is 18.2 Å². The lowest BCUT2D eigenvalue weighted by molar-refractivity contribution is 0.195. The highest BCUT2D eigenvalue weighted by molar-refractivity contribution is 6.31. The van der Waals surface area contributed by atoms with Crippen molar-refractivity contribution in [3.8, 4) is 5.75 Å². The minimum absolute atomic E-state index is 0.0335. The van der Waals surface area contributed by atoms with Crippen LogP contribution in [0.2, 0.25) is 5.02 Å². The standard InChI is InChI=1S/C12H19ClN2O2/c1-16-7-6-15-10(8-14)12-9(13)4-3-5-11(12)17-2/h3-5,10,15H,6-8,14H2,1-2H3. The van der Waals surface area contributed by atoms with Crippen molar-refractivity contribution < 1.29 is 9.47 Å². The first-order valence-electron chi connectivity index (χ1n) is 5.49. The molecule has 0 aliphatic heterocycles. The topological polar surface area (TPSA) is 56.5 Å². The van der Waals surface area contributed by atoms with Gasteiger partial charge < -0.3 is 20.5 Å². The van der Waals surface area contributed by atoms with Gasteiger partial charge in [-0.15, -0.1) is 0 Å². The third kappa shape index (κ3) is 3.85. The summed E-state index contributed by atoms with van der Waals surface area (Å²) in [4.78, 5) is 0. The highest BCUT2D eigenvalue weighted by Gasteiger charge is 2.17. The number of hydrogen-bond donors (Lipinski definition) is 2. The van der Waals surface area contributed by atoms with E-state index in [1.54, 1.807) is 14.2 Å². The van der Waals surface area contributed by atoms with Crippen LogP contribution in [0.25, 0.3) is 0 Å². The number of methoxy groups -OCH3 is 2. The second kappa shape index (κ2) is 7.50. The van der Waals surface area contributed by atoms with Crippen LogP contribution in [0.5, 0.6) is 5.75 Å². The van der Waals surface area contributed by atoms with Crippen molar-refractivity contribution in [3.05, 3.63) is 28.8 Å². The molecule has 0 aliphatic rings. The van der Waals surface area contributed by atoms with Crippen LogP contribution in [0.1, 0.15) is 11.6 Å². The number of halogens is 1. The van der Waals surface area contributed by atoms with Crippen LogP contribution < -0.4 is 15.8 Å². The van der Waals surface area contributed by atoms with Crippen LogP contribution in [0, 0.1) is 0 Å². The number of hydrogen-bond acceptors (Lipinski definition) is 4. The zero-order valence-corrected chi connectivity index (χ0v) is 11.0. The summed E-state index contributed by atoms with van der Waals surface area (Å²) in [5.41, 5.74) is 6.66. The van der Waals surface area contributed by atoms with Gasteiger partial charge in [-0.3, -0.25) is 0 Å². The molecule has 0 amide bonds. The summed E-state index contributed by atoms with van der Waals surface area (Å²) in [6.07, 6.45) is 0. The van der Waals surface area contributed by atoms with E-state index >= 15 is 0 Å². The van der Waals surface area contributed by atoms with E-state index in [2.05, 4.69) is 5.32 Å². The molecule has 0 heterocycles. The van der Waals surface area contributed by atoms with Crippen LogP contribution in [0.4, 0.5) is 0 Å². The molecule has 96 valence electrons. The average Bonchev–Trinajstić information content (AvgIpc) is 2.35. The fourth-order valence-electron chi connectivity index (χ4n) is 1.67. The lowest BCUT2D eigenvalue weighted by Crippen LogP contribution is -2.31. The maximum Gasteiger partial charge on any atom is 0.125 e. The molecule has 3 N–H and O–H groups in total. The van der Waals surface area contributed by atoms with Crippen LogP contribution in [-0.2, 0) is 4.74 Å². The predicted molar refractivity (Wildman–Crippen MR) is 69.7 cm³/mol. The van der Waals surface area contributed by atoms with Crippen LogP contribution in [0.3, 0.4) is 0 Å². The van der Waals surface area contributed by atoms with Gasteiger partial charge in [-0.2, -0.15) is 0 Å². The van der Waals surface area contributed by atoms with Crippen molar-refractivity contribution in [2.24, 2.45) is 5.73 Å². The zero-order chi connectivity index (χ0) is 12.7. The number of benzene rings is 1. The largest absolute Gasteiger partial charge is 0.496 e. The van der Waals surface area contributed by atoms with Gasteiger partial charge in [0.2, 0.25) is 0 Å². The summed E-state index contributed by atoms with van der Waals surface area (Å²) in [6.45, 7) is 1.79. The molecule has 4 nitrogen and oxygen atoms in total. The molecule has 1 rings (SSSR count). The molecule has 0 saturated carbocycles. The van der Waals surface area contributed by atoms with Gasteiger partial charge in [-0.25, -0.2) is 0 Å². The van der Waals surface area contributed by atoms with Crippen molar-refractivity contribution in [2.45, 2.75) is 6.04 Å². The zero-order valence-electron chi connectivity index (χ0n) is 10.2. The molecule has 0 radical (unpaired) electrons. The minimum atomic E-state index is -0.0335. The normalized spacial score (nSPS) is 12.5. The Labute approximate surface area is 107 Å². The maximum atomic E-state index is 6.19. The van der Waals surface area contributed by atoms with Gasteiger partial charge >= 0.3 is 0 Å². The van der Waals surface area contributed by atoms with Gasteiger partial charge in [-0.1, -0.05) is 17.7 Å². The third-order valence-electron chi connectivity index (χ3n) is 2.51. The summed E-state index contributed by atoms with van der Waals surface area (Å²) >= 11 is 6.19. The number of nitrogens with two attached hydrogens (primary N) is 1. The summed E-state index contributed by atoms with van der Waals surface area (Å²) in [6, 6.07) is 5.53. The fourth-order valence-corrected chi connectivity index (χ4v) is 1.97. The minimum Gasteiger partial charge on any atom is -0.496 e. The fraction of sp³-hybridized carbons (Fsp3) is 0.500. The molecule has 0 saturated heterocycles. The second-order valence-electron chi connectivity index (χ2n) is 3.59. The molecule has 0 aromatic heterocycles. The van der Waals surface area contributed by atoms with E-state index in [1.165, 1.54) is 0 Å². The molecular weight excluding hydrogens is 240 g/mol. The van der Waals surface area contributed by atoms with Crippen molar-refractivity contribution >= 4 is 11.6 Å². The van der Waals surface area contributed by atoms with Gasteiger partial charge in [0, 0.05) is 36.8 Å². The SMILES string of the molecule is COCCNC(CN)c1c(Cl)cccc1OC. The monoisotopic (exact) mass is 258 g/mol. The number of nitrogens with one attached hydrogen (secondary N) is 1. The molecule has 0 spiro atoms. The Morgan fingerprint density at radius 3 is 2.76 bits per heavy atom. The predicted octanol–water partition coefficient (Wildman–Crippen LogP) is 1.58. The summed E-state index contributed by atoms with van der Waals surface area (Å²) in [7, 11) is 3.28. The molecule has 0 aliphatic carbocycles. The van der Waals surface area contributed by atoms with Gasteiger partial charge in [0.05, 0.1) is 13.7 Å². The van der Waals surface area contributed by atoms with Crippen LogP contribution in [0.15, 0.2) is 18.2 Å². The van der Waals surface area contributed by atoms with Gasteiger partial charge in [0.15, 0.2) is 0 Å². The van der Waals surface area contributed by atoms with Crippen molar-refractivity contribution in [1.82, 2.24) is 5.32 Å². The van der Waals surface area contributed by atoms with Crippen molar-refractivity contribution in [3.63, 3.8) is 0 Å². The van der Waals surface area contributed by atoms with E-state index < -0.39 is 0 Å². The van der Waals surface area contributed by atoms with Gasteiger partial charge in [0.25, 0.3) is 0 Å². The summed E-state index contributed by atoms with van der Waals surface area (Å²) in [5, 5.41) is 3.94. The molecule has 1 atom stereocenters. The average molecular weight is 259 g/mol. The Bertz CT molecular complexity index is 347. The molecule has 5 heteroatoms. The second-order valence-corrected chi connectivity index (χ2v) is 4.00. The smallest absolute Gasteiger partial charge is 0.125 e. The van der Waals surface area contributed by atoms with Crippen molar-refractivity contribution in [1.29, 1.82) is 0 Å². The Morgan fingerprint density at radius 2 is 2.18 bits per heavy atom. The molecular formula is C12H19ClN2O2. The maximum absolute atomic E-state index is 6.19. The van der Waals surface area contributed by atoms with E-state index in [9.17, 15) is 0 Å². The lowest BCUT2D eigenvalue weighted by Gasteiger charge is -2.20. The highest BCUT2D eigenvalue weighted by Crippen LogP contribution is 2.31. The summed E-state index contributed by atoms with van der Waals surface area (Å²) in [5.74, 6) is 0.748. The van der Waals surface area contributed by atoms with Crippen LogP contribution in [-0.4, -0.2) is 33.9 Å². The van der Waals surface area contributed by atoms with Gasteiger partial charge in [-0.05, 0) is 12.1 Å². The first-order chi connectivity index (χ1) is 8.24. The van der Waals surface area contributed by atoms with Crippen LogP contribution >= 0.6 is 11.6 Å². The highest BCUT2D eigenvalue weighted by atomic mass is 35.5. The molecule has 1 aromatic rings. The molecule has 0 bridgehead atoms. The summed E-state index contributed by atoms with van der Waals surface area (Å²) < 4.78 is 10.3. The lowest BCUT2D eigenvalue weighted by atomic mass is 10.1. The Kier molecular flexibility index (Phi) is 6.29. The molecule has 0 fully saturated rings. The first kappa shape index (κ1) is 14.3. The molecule has 1 aromatic carbocycles. The van der Waals surface area contributed by atoms with E-state index in [0.717, 1.165) is 11.3 Å². The Morgan fingerprint density at radius 1 is 1.41 bits per heavy atom.